The van der Waals surface area contributed by atoms with E-state index in [1.807, 2.05) is 0 Å². The minimum Gasteiger partial charge on any atom is -0.393 e. The first-order chi connectivity index (χ1) is 5.15. The van der Waals surface area contributed by atoms with Crippen molar-refractivity contribution < 1.29 is 5.11 Å². The fourth-order valence-electron chi connectivity index (χ4n) is 1.92. The molecular weight excluding hydrogens is 138 g/mol. The van der Waals surface area contributed by atoms with Crippen LogP contribution in [0.15, 0.2) is 0 Å². The Bertz CT molecular complexity index is 127. The van der Waals surface area contributed by atoms with Crippen molar-refractivity contribution in [2.24, 2.45) is 5.92 Å². The van der Waals surface area contributed by atoms with E-state index < -0.39 is 0 Å². The van der Waals surface area contributed by atoms with Crippen LogP contribution >= 0.6 is 0 Å². The molecule has 1 heterocycles. The third-order valence-corrected chi connectivity index (χ3v) is 2.78. The van der Waals surface area contributed by atoms with Crippen molar-refractivity contribution in [2.75, 3.05) is 0 Å². The molecule has 11 heavy (non-hydrogen) atoms. The molecule has 0 aromatic heterocycles. The van der Waals surface area contributed by atoms with Crippen molar-refractivity contribution in [3.63, 3.8) is 0 Å². The standard InChI is InChI=1S/C9H19NO/c1-4-8-7(3)9(11)5-6(2)10-8/h6-11H,4-5H2,1-3H3. The van der Waals surface area contributed by atoms with Crippen molar-refractivity contribution in [1.29, 1.82) is 0 Å². The summed E-state index contributed by atoms with van der Waals surface area (Å²) in [7, 11) is 0. The van der Waals surface area contributed by atoms with Crippen LogP contribution in [0.2, 0.25) is 0 Å². The molecule has 0 aromatic carbocycles. The Morgan fingerprint density at radius 2 is 2.09 bits per heavy atom. The van der Waals surface area contributed by atoms with Crippen LogP contribution in [0.1, 0.15) is 33.6 Å². The fraction of sp³-hybridized carbons (Fsp3) is 1.00. The van der Waals surface area contributed by atoms with Gasteiger partial charge in [-0.05, 0) is 25.7 Å². The summed E-state index contributed by atoms with van der Waals surface area (Å²) in [6.45, 7) is 6.42. The smallest absolute Gasteiger partial charge is 0.0595 e. The average molecular weight is 157 g/mol. The lowest BCUT2D eigenvalue weighted by Gasteiger charge is -2.37. The van der Waals surface area contributed by atoms with Gasteiger partial charge in [-0.1, -0.05) is 13.8 Å². The Morgan fingerprint density at radius 1 is 1.45 bits per heavy atom. The molecule has 0 bridgehead atoms. The molecule has 66 valence electrons. The van der Waals surface area contributed by atoms with E-state index in [1.54, 1.807) is 0 Å². The van der Waals surface area contributed by atoms with Gasteiger partial charge in [0.25, 0.3) is 0 Å². The highest BCUT2D eigenvalue weighted by Crippen LogP contribution is 2.21. The van der Waals surface area contributed by atoms with Crippen LogP contribution in [-0.4, -0.2) is 23.3 Å². The number of piperidine rings is 1. The number of aliphatic hydroxyl groups is 1. The number of hydrogen-bond donors (Lipinski definition) is 2. The maximum absolute atomic E-state index is 9.61. The number of aliphatic hydroxyl groups excluding tert-OH is 1. The highest BCUT2D eigenvalue weighted by atomic mass is 16.3. The second-order valence-corrected chi connectivity index (χ2v) is 3.74. The van der Waals surface area contributed by atoms with Crippen LogP contribution in [0.3, 0.4) is 0 Å². The first-order valence-corrected chi connectivity index (χ1v) is 4.59. The Hall–Kier alpha value is -0.0800. The van der Waals surface area contributed by atoms with E-state index in [2.05, 4.69) is 26.1 Å². The third kappa shape index (κ3) is 1.94. The summed E-state index contributed by atoms with van der Waals surface area (Å²) in [5.74, 6) is 0.413. The third-order valence-electron chi connectivity index (χ3n) is 2.78. The van der Waals surface area contributed by atoms with Gasteiger partial charge < -0.3 is 10.4 Å². The Kier molecular flexibility index (Phi) is 2.90. The molecule has 4 unspecified atom stereocenters. The molecule has 2 nitrogen and oxygen atoms in total. The normalized spacial score (nSPS) is 45.8. The summed E-state index contributed by atoms with van der Waals surface area (Å²) in [5, 5.41) is 13.1. The number of rotatable bonds is 1. The SMILES string of the molecule is CCC1NC(C)CC(O)C1C. The van der Waals surface area contributed by atoms with E-state index >= 15 is 0 Å². The molecule has 2 heteroatoms. The summed E-state index contributed by atoms with van der Waals surface area (Å²) in [4.78, 5) is 0. The Balaban J connectivity index is 2.51. The molecule has 0 aromatic rings. The lowest BCUT2D eigenvalue weighted by molar-refractivity contribution is 0.0435. The van der Waals surface area contributed by atoms with Gasteiger partial charge >= 0.3 is 0 Å². The van der Waals surface area contributed by atoms with E-state index in [-0.39, 0.29) is 6.10 Å². The van der Waals surface area contributed by atoms with Crippen molar-refractivity contribution >= 4 is 0 Å². The minimum absolute atomic E-state index is 0.101. The highest BCUT2D eigenvalue weighted by molar-refractivity contribution is 4.87. The fourth-order valence-corrected chi connectivity index (χ4v) is 1.92. The highest BCUT2D eigenvalue weighted by Gasteiger charge is 2.30. The van der Waals surface area contributed by atoms with E-state index in [0.717, 1.165) is 12.8 Å². The van der Waals surface area contributed by atoms with Crippen LogP contribution in [-0.2, 0) is 0 Å². The molecule has 1 saturated heterocycles. The molecule has 1 aliphatic rings. The van der Waals surface area contributed by atoms with Gasteiger partial charge in [-0.15, -0.1) is 0 Å². The molecule has 0 amide bonds. The van der Waals surface area contributed by atoms with Gasteiger partial charge in [0.2, 0.25) is 0 Å². The quantitative estimate of drug-likeness (QED) is 0.598. The summed E-state index contributed by atoms with van der Waals surface area (Å²) in [6, 6.07) is 0.986. The van der Waals surface area contributed by atoms with Crippen LogP contribution in [0.5, 0.6) is 0 Å². The molecule has 0 radical (unpaired) electrons. The Morgan fingerprint density at radius 3 is 2.64 bits per heavy atom. The van der Waals surface area contributed by atoms with E-state index in [4.69, 9.17) is 0 Å². The summed E-state index contributed by atoms with van der Waals surface area (Å²) in [6.07, 6.45) is 1.91. The van der Waals surface area contributed by atoms with E-state index in [9.17, 15) is 5.11 Å². The lowest BCUT2D eigenvalue weighted by Crippen LogP contribution is -2.51. The van der Waals surface area contributed by atoms with Crippen molar-refractivity contribution in [1.82, 2.24) is 5.32 Å². The van der Waals surface area contributed by atoms with Gasteiger partial charge in [-0.2, -0.15) is 0 Å². The molecule has 4 atom stereocenters. The van der Waals surface area contributed by atoms with Crippen molar-refractivity contribution in [2.45, 2.75) is 51.8 Å². The summed E-state index contributed by atoms with van der Waals surface area (Å²) in [5.41, 5.74) is 0. The van der Waals surface area contributed by atoms with Crippen molar-refractivity contribution in [3.8, 4) is 0 Å². The van der Waals surface area contributed by atoms with Gasteiger partial charge in [0.15, 0.2) is 0 Å². The Labute approximate surface area is 69.0 Å². The first-order valence-electron chi connectivity index (χ1n) is 4.59. The molecule has 1 rings (SSSR count). The zero-order chi connectivity index (χ0) is 8.43. The van der Waals surface area contributed by atoms with Crippen LogP contribution in [0.25, 0.3) is 0 Å². The monoisotopic (exact) mass is 157 g/mol. The maximum atomic E-state index is 9.61. The predicted molar refractivity (Wildman–Crippen MR) is 46.5 cm³/mol. The van der Waals surface area contributed by atoms with Gasteiger partial charge in [0.05, 0.1) is 6.10 Å². The van der Waals surface area contributed by atoms with Crippen molar-refractivity contribution in [3.05, 3.63) is 0 Å². The second kappa shape index (κ2) is 3.55. The van der Waals surface area contributed by atoms with Crippen LogP contribution in [0, 0.1) is 5.92 Å². The van der Waals surface area contributed by atoms with E-state index in [1.165, 1.54) is 0 Å². The van der Waals surface area contributed by atoms with Crippen LogP contribution < -0.4 is 5.32 Å². The second-order valence-electron chi connectivity index (χ2n) is 3.74. The molecule has 0 spiro atoms. The summed E-state index contributed by atoms with van der Waals surface area (Å²) < 4.78 is 0. The zero-order valence-electron chi connectivity index (χ0n) is 7.67. The molecule has 1 aliphatic heterocycles. The largest absolute Gasteiger partial charge is 0.393 e. The molecular formula is C9H19NO. The molecule has 2 N–H and O–H groups in total. The van der Waals surface area contributed by atoms with Gasteiger partial charge in [0, 0.05) is 12.1 Å². The molecule has 0 saturated carbocycles. The minimum atomic E-state index is -0.101. The van der Waals surface area contributed by atoms with Gasteiger partial charge in [0.1, 0.15) is 0 Å². The van der Waals surface area contributed by atoms with E-state index in [0.29, 0.717) is 18.0 Å². The predicted octanol–water partition coefficient (Wildman–Crippen LogP) is 1.14. The maximum Gasteiger partial charge on any atom is 0.0595 e. The van der Waals surface area contributed by atoms with Crippen LogP contribution in [0.4, 0.5) is 0 Å². The topological polar surface area (TPSA) is 32.3 Å². The zero-order valence-corrected chi connectivity index (χ0v) is 7.67. The first kappa shape index (κ1) is 9.01. The molecule has 1 fully saturated rings. The van der Waals surface area contributed by atoms with Gasteiger partial charge in [-0.3, -0.25) is 0 Å². The average Bonchev–Trinajstić information content (AvgIpc) is 1.96. The number of hydrogen-bond acceptors (Lipinski definition) is 2. The number of nitrogens with one attached hydrogen (secondary N) is 1. The summed E-state index contributed by atoms with van der Waals surface area (Å²) >= 11 is 0. The molecule has 0 aliphatic carbocycles. The lowest BCUT2D eigenvalue weighted by atomic mass is 9.85. The van der Waals surface area contributed by atoms with Gasteiger partial charge in [-0.25, -0.2) is 0 Å².